The number of carbonyl (C=O) groups excluding carboxylic acids is 2. The van der Waals surface area contributed by atoms with Gasteiger partial charge in [0.2, 0.25) is 11.8 Å². The van der Waals surface area contributed by atoms with Gasteiger partial charge in [-0.25, -0.2) is 4.98 Å². The molecule has 0 saturated carbocycles. The molecule has 27 heavy (non-hydrogen) atoms. The average Bonchev–Trinajstić information content (AvgIpc) is 3.05. The van der Waals surface area contributed by atoms with Crippen LogP contribution in [0.1, 0.15) is 18.2 Å². The standard InChI is InChI=1S/C20H18ClN3O2S/c1-12-9-14(7-8-18(12)22-13(2)25)23-19(26)10-15-11-27-20(24-15)16-5-3-4-6-17(16)21/h3-9,11H,10H2,1-2H3,(H,22,25)(H,23,26). The summed E-state index contributed by atoms with van der Waals surface area (Å²) in [6, 6.07) is 12.8. The van der Waals surface area contributed by atoms with Gasteiger partial charge >= 0.3 is 0 Å². The van der Waals surface area contributed by atoms with Gasteiger partial charge < -0.3 is 10.6 Å². The van der Waals surface area contributed by atoms with Gasteiger partial charge in [0.1, 0.15) is 5.01 Å². The summed E-state index contributed by atoms with van der Waals surface area (Å²) in [7, 11) is 0. The summed E-state index contributed by atoms with van der Waals surface area (Å²) in [6.07, 6.45) is 0.174. The van der Waals surface area contributed by atoms with E-state index < -0.39 is 0 Å². The minimum Gasteiger partial charge on any atom is -0.326 e. The van der Waals surface area contributed by atoms with E-state index in [0.29, 0.717) is 16.4 Å². The van der Waals surface area contributed by atoms with Crippen LogP contribution in [0.25, 0.3) is 10.6 Å². The Kier molecular flexibility index (Phi) is 5.88. The number of rotatable bonds is 5. The summed E-state index contributed by atoms with van der Waals surface area (Å²) in [5, 5.41) is 8.90. The van der Waals surface area contributed by atoms with Gasteiger partial charge in [-0.05, 0) is 36.8 Å². The van der Waals surface area contributed by atoms with Crippen molar-refractivity contribution in [2.45, 2.75) is 20.3 Å². The zero-order chi connectivity index (χ0) is 19.4. The minimum atomic E-state index is -0.155. The largest absolute Gasteiger partial charge is 0.326 e. The van der Waals surface area contributed by atoms with Gasteiger partial charge in [0.25, 0.3) is 0 Å². The average molecular weight is 400 g/mol. The van der Waals surface area contributed by atoms with E-state index in [9.17, 15) is 9.59 Å². The second-order valence-corrected chi connectivity index (χ2v) is 7.32. The Morgan fingerprint density at radius 2 is 1.93 bits per heavy atom. The summed E-state index contributed by atoms with van der Waals surface area (Å²) < 4.78 is 0. The molecule has 0 aliphatic rings. The van der Waals surface area contributed by atoms with Crippen LogP contribution in [0.2, 0.25) is 5.02 Å². The Labute approximate surface area is 166 Å². The molecule has 0 aliphatic heterocycles. The third-order valence-electron chi connectivity index (χ3n) is 3.82. The van der Waals surface area contributed by atoms with Gasteiger partial charge in [-0.15, -0.1) is 11.3 Å². The molecular formula is C20H18ClN3O2S. The first kappa shape index (κ1) is 19.1. The van der Waals surface area contributed by atoms with Crippen LogP contribution in [0.15, 0.2) is 47.8 Å². The van der Waals surface area contributed by atoms with Gasteiger partial charge in [0.05, 0.1) is 17.1 Å². The lowest BCUT2D eigenvalue weighted by atomic mass is 10.1. The highest BCUT2D eigenvalue weighted by atomic mass is 35.5. The number of nitrogens with one attached hydrogen (secondary N) is 2. The first-order valence-corrected chi connectivity index (χ1v) is 9.55. The van der Waals surface area contributed by atoms with E-state index in [1.54, 1.807) is 12.1 Å². The topological polar surface area (TPSA) is 71.1 Å². The maximum absolute atomic E-state index is 12.3. The van der Waals surface area contributed by atoms with Crippen LogP contribution >= 0.6 is 22.9 Å². The summed E-state index contributed by atoms with van der Waals surface area (Å²) in [5.41, 5.74) is 3.83. The molecule has 7 heteroatoms. The molecule has 1 heterocycles. The molecule has 0 atom stereocenters. The van der Waals surface area contributed by atoms with Crippen molar-refractivity contribution >= 4 is 46.1 Å². The van der Waals surface area contributed by atoms with Crippen LogP contribution in [0.4, 0.5) is 11.4 Å². The Morgan fingerprint density at radius 3 is 2.63 bits per heavy atom. The molecule has 0 aliphatic carbocycles. The smallest absolute Gasteiger partial charge is 0.230 e. The summed E-state index contributed by atoms with van der Waals surface area (Å²) in [6.45, 7) is 3.33. The molecule has 5 nitrogen and oxygen atoms in total. The lowest BCUT2D eigenvalue weighted by Crippen LogP contribution is -2.15. The normalized spacial score (nSPS) is 10.5. The zero-order valence-electron chi connectivity index (χ0n) is 14.9. The summed E-state index contributed by atoms with van der Waals surface area (Å²) in [4.78, 5) is 28.0. The highest BCUT2D eigenvalue weighted by Crippen LogP contribution is 2.30. The van der Waals surface area contributed by atoms with Gasteiger partial charge in [-0.1, -0.05) is 29.8 Å². The van der Waals surface area contributed by atoms with Crippen molar-refractivity contribution in [2.75, 3.05) is 10.6 Å². The number of hydrogen-bond acceptors (Lipinski definition) is 4. The molecule has 0 fully saturated rings. The molecule has 0 saturated heterocycles. The molecule has 2 amide bonds. The maximum Gasteiger partial charge on any atom is 0.230 e. The van der Waals surface area contributed by atoms with Crippen LogP contribution in [-0.2, 0) is 16.0 Å². The molecule has 138 valence electrons. The van der Waals surface area contributed by atoms with Crippen LogP contribution < -0.4 is 10.6 Å². The number of thiazole rings is 1. The second kappa shape index (κ2) is 8.33. The highest BCUT2D eigenvalue weighted by Gasteiger charge is 2.12. The number of anilines is 2. The quantitative estimate of drug-likeness (QED) is 0.640. The van der Waals surface area contributed by atoms with Crippen LogP contribution in [0.3, 0.4) is 0 Å². The number of carbonyl (C=O) groups is 2. The number of halogens is 1. The predicted molar refractivity (Wildman–Crippen MR) is 110 cm³/mol. The van der Waals surface area contributed by atoms with Gasteiger partial charge in [0, 0.05) is 29.2 Å². The number of hydrogen-bond donors (Lipinski definition) is 2. The SMILES string of the molecule is CC(=O)Nc1ccc(NC(=O)Cc2csc(-c3ccccc3Cl)n2)cc1C. The second-order valence-electron chi connectivity index (χ2n) is 6.06. The third-order valence-corrected chi connectivity index (χ3v) is 5.07. The van der Waals surface area contributed by atoms with E-state index in [1.165, 1.54) is 18.3 Å². The van der Waals surface area contributed by atoms with Crippen molar-refractivity contribution in [3.8, 4) is 10.6 Å². The summed E-state index contributed by atoms with van der Waals surface area (Å²) >= 11 is 7.66. The van der Waals surface area contributed by atoms with Crippen molar-refractivity contribution in [2.24, 2.45) is 0 Å². The molecular weight excluding hydrogens is 382 g/mol. The highest BCUT2D eigenvalue weighted by molar-refractivity contribution is 7.13. The molecule has 3 aromatic rings. The van der Waals surface area contributed by atoms with E-state index in [2.05, 4.69) is 15.6 Å². The molecule has 3 rings (SSSR count). The molecule has 0 unspecified atom stereocenters. The van der Waals surface area contributed by atoms with Crippen molar-refractivity contribution in [3.05, 3.63) is 64.1 Å². The van der Waals surface area contributed by atoms with Gasteiger partial charge in [0.15, 0.2) is 0 Å². The van der Waals surface area contributed by atoms with E-state index in [-0.39, 0.29) is 18.2 Å². The van der Waals surface area contributed by atoms with Gasteiger partial charge in [-0.2, -0.15) is 0 Å². The van der Waals surface area contributed by atoms with Crippen LogP contribution in [0.5, 0.6) is 0 Å². The first-order chi connectivity index (χ1) is 12.9. The van der Waals surface area contributed by atoms with E-state index in [1.807, 2.05) is 42.6 Å². The minimum absolute atomic E-state index is 0.132. The molecule has 2 aromatic carbocycles. The maximum atomic E-state index is 12.3. The molecule has 2 N–H and O–H groups in total. The number of amides is 2. The summed E-state index contributed by atoms with van der Waals surface area (Å²) in [5.74, 6) is -0.287. The van der Waals surface area contributed by atoms with Crippen LogP contribution in [-0.4, -0.2) is 16.8 Å². The number of aromatic nitrogens is 1. The van der Waals surface area contributed by atoms with E-state index in [0.717, 1.165) is 21.8 Å². The van der Waals surface area contributed by atoms with Crippen molar-refractivity contribution in [1.82, 2.24) is 4.98 Å². The fraction of sp³-hybridized carbons (Fsp3) is 0.150. The Bertz CT molecular complexity index is 1000. The van der Waals surface area contributed by atoms with Crippen molar-refractivity contribution in [1.29, 1.82) is 0 Å². The van der Waals surface area contributed by atoms with Gasteiger partial charge in [-0.3, -0.25) is 9.59 Å². The molecule has 1 aromatic heterocycles. The lowest BCUT2D eigenvalue weighted by Gasteiger charge is -2.10. The monoisotopic (exact) mass is 399 g/mol. The van der Waals surface area contributed by atoms with E-state index in [4.69, 9.17) is 11.6 Å². The van der Waals surface area contributed by atoms with E-state index >= 15 is 0 Å². The molecule has 0 bridgehead atoms. The fourth-order valence-electron chi connectivity index (χ4n) is 2.59. The Morgan fingerprint density at radius 1 is 1.15 bits per heavy atom. The fourth-order valence-corrected chi connectivity index (χ4v) is 3.73. The number of aryl methyl sites for hydroxylation is 1. The number of benzene rings is 2. The lowest BCUT2D eigenvalue weighted by molar-refractivity contribution is -0.116. The van der Waals surface area contributed by atoms with Crippen molar-refractivity contribution < 1.29 is 9.59 Å². The third kappa shape index (κ3) is 4.93. The Hall–Kier alpha value is -2.70. The number of nitrogens with zero attached hydrogens (tertiary/aromatic N) is 1. The van der Waals surface area contributed by atoms with Crippen molar-refractivity contribution in [3.63, 3.8) is 0 Å². The Balaban J connectivity index is 1.66. The first-order valence-electron chi connectivity index (χ1n) is 8.30. The molecule has 0 spiro atoms. The zero-order valence-corrected chi connectivity index (χ0v) is 16.4. The predicted octanol–water partition coefficient (Wildman–Crippen LogP) is 4.91. The molecule has 0 radical (unpaired) electrons. The van der Waals surface area contributed by atoms with Crippen LogP contribution in [0, 0.1) is 6.92 Å².